The summed E-state index contributed by atoms with van der Waals surface area (Å²) in [5.41, 5.74) is 2.27. The highest BCUT2D eigenvalue weighted by Gasteiger charge is 2.26. The molecule has 3 aromatic rings. The number of pyridine rings is 1. The fraction of sp³-hybridized carbons (Fsp3) is 0.286. The van der Waals surface area contributed by atoms with Gasteiger partial charge in [0.2, 0.25) is 0 Å². The number of nitrogens with zero attached hydrogens (tertiary/aromatic N) is 3. The summed E-state index contributed by atoms with van der Waals surface area (Å²) in [6.45, 7) is 4.45. The number of anilines is 2. The highest BCUT2D eigenvalue weighted by molar-refractivity contribution is 7.99. The van der Waals surface area contributed by atoms with Gasteiger partial charge in [-0.1, -0.05) is 41.6 Å². The molecule has 0 aliphatic carbocycles. The van der Waals surface area contributed by atoms with Crippen molar-refractivity contribution < 1.29 is 0 Å². The van der Waals surface area contributed by atoms with Crippen molar-refractivity contribution in [2.45, 2.75) is 22.6 Å². The van der Waals surface area contributed by atoms with Crippen molar-refractivity contribution in [2.24, 2.45) is 0 Å². The summed E-state index contributed by atoms with van der Waals surface area (Å²) in [6, 6.07) is 16.8. The number of para-hydroxylation sites is 1. The molecule has 0 unspecified atom stereocenters. The van der Waals surface area contributed by atoms with Gasteiger partial charge in [0.15, 0.2) is 0 Å². The molecule has 1 saturated heterocycles. The fourth-order valence-electron chi connectivity index (χ4n) is 3.85. The molecular formula is C21H20ClN3S. The van der Waals surface area contributed by atoms with E-state index < -0.39 is 0 Å². The van der Waals surface area contributed by atoms with Crippen LogP contribution in [0.25, 0.3) is 10.9 Å². The zero-order chi connectivity index (χ0) is 17.5. The third kappa shape index (κ3) is 2.96. The Labute approximate surface area is 163 Å². The number of likely N-dealkylation sites (tertiary alicyclic amines) is 1. The molecule has 3 nitrogen and oxygen atoms in total. The van der Waals surface area contributed by atoms with Crippen molar-refractivity contribution in [3.63, 3.8) is 0 Å². The fourth-order valence-corrected chi connectivity index (χ4v) is 5.23. The molecule has 0 amide bonds. The van der Waals surface area contributed by atoms with Crippen LogP contribution in [0.15, 0.2) is 58.3 Å². The Balaban J connectivity index is 1.58. The predicted molar refractivity (Wildman–Crippen MR) is 110 cm³/mol. The normalized spacial score (nSPS) is 16.7. The molecule has 0 bridgehead atoms. The van der Waals surface area contributed by atoms with Crippen LogP contribution >= 0.6 is 23.4 Å². The molecule has 132 valence electrons. The van der Waals surface area contributed by atoms with Gasteiger partial charge in [0, 0.05) is 28.4 Å². The Morgan fingerprint density at radius 2 is 1.81 bits per heavy atom. The molecule has 26 heavy (non-hydrogen) atoms. The lowest BCUT2D eigenvalue weighted by Gasteiger charge is -2.33. The summed E-state index contributed by atoms with van der Waals surface area (Å²) in [6.07, 6.45) is 2.64. The van der Waals surface area contributed by atoms with Gasteiger partial charge in [-0.2, -0.15) is 0 Å². The Morgan fingerprint density at radius 3 is 2.69 bits per heavy atom. The van der Waals surface area contributed by atoms with Crippen LogP contribution in [-0.2, 0) is 0 Å². The number of halogens is 1. The Morgan fingerprint density at radius 1 is 0.962 bits per heavy atom. The quantitative estimate of drug-likeness (QED) is 0.589. The molecule has 1 fully saturated rings. The van der Waals surface area contributed by atoms with Crippen molar-refractivity contribution >= 4 is 45.8 Å². The summed E-state index contributed by atoms with van der Waals surface area (Å²) >= 11 is 8.04. The van der Waals surface area contributed by atoms with Crippen molar-refractivity contribution in [3.8, 4) is 0 Å². The first-order valence-electron chi connectivity index (χ1n) is 9.15. The first-order chi connectivity index (χ1) is 12.8. The average molecular weight is 382 g/mol. The molecule has 2 aliphatic heterocycles. The van der Waals surface area contributed by atoms with Crippen molar-refractivity contribution in [2.75, 3.05) is 31.1 Å². The topological polar surface area (TPSA) is 19.4 Å². The first kappa shape index (κ1) is 16.4. The van der Waals surface area contributed by atoms with Crippen LogP contribution in [0.4, 0.5) is 11.5 Å². The second-order valence-corrected chi connectivity index (χ2v) is 8.44. The highest BCUT2D eigenvalue weighted by Crippen LogP contribution is 2.48. The molecule has 1 aromatic heterocycles. The number of rotatable bonds is 3. The van der Waals surface area contributed by atoms with E-state index in [1.807, 2.05) is 6.07 Å². The van der Waals surface area contributed by atoms with Gasteiger partial charge in [0.1, 0.15) is 5.82 Å². The van der Waals surface area contributed by atoms with Gasteiger partial charge in [0.25, 0.3) is 0 Å². The number of aromatic nitrogens is 1. The summed E-state index contributed by atoms with van der Waals surface area (Å²) in [5.74, 6) is 1.07. The lowest BCUT2D eigenvalue weighted by atomic mass is 10.2. The molecule has 3 heterocycles. The van der Waals surface area contributed by atoms with E-state index in [2.05, 4.69) is 52.3 Å². The summed E-state index contributed by atoms with van der Waals surface area (Å²) in [7, 11) is 0. The standard InChI is InChI=1S/C21H20ClN3S/c22-16-7-8-18-19(14-16)26-20-13-15-5-1-2-6-17(15)23-21(20)25(18)12-11-24-9-3-4-10-24/h1-2,5-8,13-14H,3-4,9-12H2. The van der Waals surface area contributed by atoms with E-state index >= 15 is 0 Å². The maximum absolute atomic E-state index is 6.27. The third-order valence-electron chi connectivity index (χ3n) is 5.20. The SMILES string of the molecule is Clc1ccc2c(c1)Sc1cc3ccccc3nc1N2CCN1CCCC1. The van der Waals surface area contributed by atoms with Crippen molar-refractivity contribution in [1.29, 1.82) is 0 Å². The van der Waals surface area contributed by atoms with E-state index in [0.29, 0.717) is 0 Å². The maximum Gasteiger partial charge on any atom is 0.147 e. The minimum absolute atomic E-state index is 0.785. The van der Waals surface area contributed by atoms with E-state index in [-0.39, 0.29) is 0 Å². The minimum atomic E-state index is 0.785. The lowest BCUT2D eigenvalue weighted by Crippen LogP contribution is -2.32. The number of hydrogen-bond acceptors (Lipinski definition) is 4. The van der Waals surface area contributed by atoms with Crippen LogP contribution in [0.3, 0.4) is 0 Å². The van der Waals surface area contributed by atoms with Crippen molar-refractivity contribution in [1.82, 2.24) is 9.88 Å². The lowest BCUT2D eigenvalue weighted by molar-refractivity contribution is 0.347. The van der Waals surface area contributed by atoms with E-state index in [1.165, 1.54) is 46.8 Å². The Hall–Kier alpha value is -1.75. The number of fused-ring (bicyclic) bond motifs is 3. The van der Waals surface area contributed by atoms with Crippen LogP contribution in [0, 0.1) is 0 Å². The van der Waals surface area contributed by atoms with Crippen LogP contribution < -0.4 is 4.90 Å². The summed E-state index contributed by atoms with van der Waals surface area (Å²) in [4.78, 5) is 12.4. The molecule has 0 spiro atoms. The van der Waals surface area contributed by atoms with Gasteiger partial charge >= 0.3 is 0 Å². The number of benzene rings is 2. The van der Waals surface area contributed by atoms with E-state index in [0.717, 1.165) is 29.4 Å². The van der Waals surface area contributed by atoms with Gasteiger partial charge in [-0.25, -0.2) is 4.98 Å². The third-order valence-corrected chi connectivity index (χ3v) is 6.50. The first-order valence-corrected chi connectivity index (χ1v) is 10.3. The average Bonchev–Trinajstić information content (AvgIpc) is 3.17. The molecule has 2 aliphatic rings. The molecule has 0 saturated carbocycles. The molecule has 0 N–H and O–H groups in total. The molecule has 0 radical (unpaired) electrons. The smallest absolute Gasteiger partial charge is 0.147 e. The van der Waals surface area contributed by atoms with Crippen LogP contribution in [0.1, 0.15) is 12.8 Å². The summed E-state index contributed by atoms with van der Waals surface area (Å²) < 4.78 is 0. The van der Waals surface area contributed by atoms with Crippen LogP contribution in [-0.4, -0.2) is 36.1 Å². The van der Waals surface area contributed by atoms with Gasteiger partial charge < -0.3 is 9.80 Å². The number of hydrogen-bond donors (Lipinski definition) is 0. The van der Waals surface area contributed by atoms with E-state index in [9.17, 15) is 0 Å². The molecule has 5 rings (SSSR count). The van der Waals surface area contributed by atoms with Gasteiger partial charge in [-0.15, -0.1) is 0 Å². The Kier molecular flexibility index (Phi) is 4.27. The second-order valence-electron chi connectivity index (χ2n) is 6.92. The largest absolute Gasteiger partial charge is 0.323 e. The second kappa shape index (κ2) is 6.76. The van der Waals surface area contributed by atoms with E-state index in [4.69, 9.17) is 16.6 Å². The monoisotopic (exact) mass is 381 g/mol. The van der Waals surface area contributed by atoms with Crippen molar-refractivity contribution in [3.05, 3.63) is 53.6 Å². The zero-order valence-electron chi connectivity index (χ0n) is 14.5. The van der Waals surface area contributed by atoms with Gasteiger partial charge in [0.05, 0.1) is 16.1 Å². The van der Waals surface area contributed by atoms with Crippen LogP contribution in [0.2, 0.25) is 5.02 Å². The van der Waals surface area contributed by atoms with Gasteiger partial charge in [-0.05, 0) is 56.3 Å². The minimum Gasteiger partial charge on any atom is -0.323 e. The highest BCUT2D eigenvalue weighted by atomic mass is 35.5. The zero-order valence-corrected chi connectivity index (χ0v) is 16.1. The molecule has 2 aromatic carbocycles. The summed E-state index contributed by atoms with van der Waals surface area (Å²) in [5, 5.41) is 1.97. The molecule has 0 atom stereocenters. The van der Waals surface area contributed by atoms with Crippen LogP contribution in [0.5, 0.6) is 0 Å². The van der Waals surface area contributed by atoms with Gasteiger partial charge in [-0.3, -0.25) is 0 Å². The maximum atomic E-state index is 6.27. The molecule has 5 heteroatoms. The molecular weight excluding hydrogens is 362 g/mol. The Bertz CT molecular complexity index is 969. The predicted octanol–water partition coefficient (Wildman–Crippen LogP) is 5.59. The van der Waals surface area contributed by atoms with E-state index in [1.54, 1.807) is 11.8 Å².